The van der Waals surface area contributed by atoms with Gasteiger partial charge in [-0.3, -0.25) is 0 Å². The van der Waals surface area contributed by atoms with Crippen LogP contribution in [0.5, 0.6) is 0 Å². The van der Waals surface area contributed by atoms with Crippen LogP contribution in [-0.4, -0.2) is 16.1 Å². The average molecular weight is 344 g/mol. The number of nitrogen functional groups attached to an aromatic ring is 1. The van der Waals surface area contributed by atoms with E-state index in [2.05, 4.69) is 4.98 Å². The van der Waals surface area contributed by atoms with Crippen LogP contribution < -0.4 is 5.73 Å². The number of thiophene rings is 1. The van der Waals surface area contributed by atoms with Crippen LogP contribution in [0.2, 0.25) is 0 Å². The van der Waals surface area contributed by atoms with Crippen LogP contribution in [0.15, 0.2) is 0 Å². The molecule has 0 saturated heterocycles. The Hall–Kier alpha value is -1.83. The summed E-state index contributed by atoms with van der Waals surface area (Å²) >= 11 is 0.711. The third kappa shape index (κ3) is 2.75. The lowest BCUT2D eigenvalue weighted by Gasteiger charge is -2.20. The topological polar surface area (TPSA) is 76.2 Å². The molecule has 0 radical (unpaired) electrons. The number of anilines is 1. The second-order valence-electron chi connectivity index (χ2n) is 5.65. The smallest absolute Gasteiger partial charge is 0.417 e. The molecule has 0 aromatic carbocycles. The van der Waals surface area contributed by atoms with Crippen molar-refractivity contribution in [2.24, 2.45) is 0 Å². The maximum atomic E-state index is 13.7. The summed E-state index contributed by atoms with van der Waals surface area (Å²) in [6.07, 6.45) is -0.509. The van der Waals surface area contributed by atoms with E-state index in [0.29, 0.717) is 36.3 Å². The molecular formula is C15H15F3N2O2S. The van der Waals surface area contributed by atoms with Crippen molar-refractivity contribution < 1.29 is 23.1 Å². The Balaban J connectivity index is 2.38. The summed E-state index contributed by atoms with van der Waals surface area (Å²) in [5.74, 6) is -1.33. The molecule has 2 aromatic heterocycles. The van der Waals surface area contributed by atoms with Gasteiger partial charge in [-0.05, 0) is 31.2 Å². The zero-order valence-corrected chi connectivity index (χ0v) is 13.0. The Labute approximate surface area is 134 Å². The van der Waals surface area contributed by atoms with Crippen molar-refractivity contribution in [1.29, 1.82) is 0 Å². The molecule has 3 rings (SSSR count). The van der Waals surface area contributed by atoms with E-state index in [1.807, 2.05) is 0 Å². The lowest BCUT2D eigenvalue weighted by molar-refractivity contribution is -0.137. The Morgan fingerprint density at radius 2 is 1.83 bits per heavy atom. The van der Waals surface area contributed by atoms with Gasteiger partial charge in [0.2, 0.25) is 0 Å². The molecular weight excluding hydrogens is 329 g/mol. The van der Waals surface area contributed by atoms with Gasteiger partial charge in [-0.1, -0.05) is 12.8 Å². The fraction of sp³-hybridized carbons (Fsp3) is 0.467. The first-order chi connectivity index (χ1) is 10.8. The molecule has 0 bridgehead atoms. The Morgan fingerprint density at radius 1 is 1.17 bits per heavy atom. The summed E-state index contributed by atoms with van der Waals surface area (Å²) in [5.41, 5.74) is 5.23. The predicted molar refractivity (Wildman–Crippen MR) is 81.9 cm³/mol. The van der Waals surface area contributed by atoms with Gasteiger partial charge in [0.05, 0.1) is 11.3 Å². The SMILES string of the molecule is Nc1c(C(=O)O)sc2nc3c(c(C(F)(F)F)c12)CCCCCC3. The minimum absolute atomic E-state index is 0.0616. The number of carboxylic acids is 1. The van der Waals surface area contributed by atoms with Crippen LogP contribution in [0, 0.1) is 0 Å². The van der Waals surface area contributed by atoms with Gasteiger partial charge in [0.25, 0.3) is 0 Å². The van der Waals surface area contributed by atoms with Gasteiger partial charge < -0.3 is 10.8 Å². The van der Waals surface area contributed by atoms with Crippen molar-refractivity contribution in [3.63, 3.8) is 0 Å². The number of carboxylic acid groups (broad SMARTS) is 1. The summed E-state index contributed by atoms with van der Waals surface area (Å²) in [7, 11) is 0. The van der Waals surface area contributed by atoms with Crippen molar-refractivity contribution in [3.05, 3.63) is 21.7 Å². The van der Waals surface area contributed by atoms with Gasteiger partial charge in [-0.2, -0.15) is 13.2 Å². The molecule has 0 aliphatic heterocycles. The van der Waals surface area contributed by atoms with E-state index in [1.54, 1.807) is 0 Å². The number of nitrogens with two attached hydrogens (primary N) is 1. The highest BCUT2D eigenvalue weighted by atomic mass is 32.1. The van der Waals surface area contributed by atoms with Gasteiger partial charge in [-0.15, -0.1) is 11.3 Å². The molecule has 0 fully saturated rings. The van der Waals surface area contributed by atoms with Crippen LogP contribution in [0.3, 0.4) is 0 Å². The van der Waals surface area contributed by atoms with Crippen LogP contribution >= 0.6 is 11.3 Å². The number of hydrogen-bond acceptors (Lipinski definition) is 4. The third-order valence-corrected chi connectivity index (χ3v) is 5.22. The Bertz CT molecular complexity index is 783. The average Bonchev–Trinajstić information content (AvgIpc) is 2.74. The largest absolute Gasteiger partial charge is 0.477 e. The molecule has 124 valence electrons. The zero-order valence-electron chi connectivity index (χ0n) is 12.2. The molecule has 8 heteroatoms. The molecule has 1 aliphatic carbocycles. The number of halogens is 3. The number of hydrogen-bond donors (Lipinski definition) is 2. The van der Waals surface area contributed by atoms with Gasteiger partial charge in [0.15, 0.2) is 0 Å². The number of fused-ring (bicyclic) bond motifs is 2. The number of nitrogens with zero attached hydrogens (tertiary/aromatic N) is 1. The number of rotatable bonds is 1. The maximum Gasteiger partial charge on any atom is 0.417 e. The number of pyridine rings is 1. The first-order valence-corrected chi connectivity index (χ1v) is 8.16. The van der Waals surface area contributed by atoms with Gasteiger partial charge in [0, 0.05) is 11.1 Å². The first-order valence-electron chi connectivity index (χ1n) is 7.35. The summed E-state index contributed by atoms with van der Waals surface area (Å²) in [6.45, 7) is 0. The van der Waals surface area contributed by atoms with E-state index in [1.165, 1.54) is 0 Å². The van der Waals surface area contributed by atoms with E-state index in [4.69, 9.17) is 10.8 Å². The fourth-order valence-corrected chi connectivity index (χ4v) is 4.10. The summed E-state index contributed by atoms with van der Waals surface area (Å²) < 4.78 is 41.1. The number of aryl methyl sites for hydroxylation is 1. The highest BCUT2D eigenvalue weighted by Crippen LogP contribution is 2.45. The van der Waals surface area contributed by atoms with E-state index >= 15 is 0 Å². The van der Waals surface area contributed by atoms with Crippen molar-refractivity contribution in [2.75, 3.05) is 5.73 Å². The summed E-state index contributed by atoms with van der Waals surface area (Å²) in [6, 6.07) is 0. The molecule has 4 nitrogen and oxygen atoms in total. The number of aromatic carboxylic acids is 1. The number of alkyl halides is 3. The van der Waals surface area contributed by atoms with Gasteiger partial charge in [-0.25, -0.2) is 9.78 Å². The molecule has 0 amide bonds. The van der Waals surface area contributed by atoms with E-state index in [0.717, 1.165) is 19.3 Å². The van der Waals surface area contributed by atoms with Crippen LogP contribution in [0.4, 0.5) is 18.9 Å². The predicted octanol–water partition coefficient (Wildman–Crippen LogP) is 4.25. The normalized spacial score (nSPS) is 16.0. The van der Waals surface area contributed by atoms with Crippen molar-refractivity contribution in [3.8, 4) is 0 Å². The molecule has 0 unspecified atom stereocenters. The lowest BCUT2D eigenvalue weighted by atomic mass is 9.91. The standard InChI is InChI=1S/C15H15F3N2O2S/c16-15(17,18)10-7-5-3-1-2-4-6-8(7)20-13-9(10)11(19)12(23-13)14(21)22/h1-6,19H2,(H,21,22). The summed E-state index contributed by atoms with van der Waals surface area (Å²) in [4.78, 5) is 15.3. The zero-order chi connectivity index (χ0) is 16.8. The molecule has 0 saturated carbocycles. The highest BCUT2D eigenvalue weighted by Gasteiger charge is 2.39. The molecule has 23 heavy (non-hydrogen) atoms. The minimum Gasteiger partial charge on any atom is -0.477 e. The molecule has 2 aromatic rings. The quantitative estimate of drug-likeness (QED) is 0.811. The molecule has 3 N–H and O–H groups in total. The van der Waals surface area contributed by atoms with Crippen molar-refractivity contribution >= 4 is 33.2 Å². The second-order valence-corrected chi connectivity index (χ2v) is 6.65. The fourth-order valence-electron chi connectivity index (χ4n) is 3.13. The van der Waals surface area contributed by atoms with Gasteiger partial charge in [0.1, 0.15) is 9.71 Å². The highest BCUT2D eigenvalue weighted by molar-refractivity contribution is 7.21. The minimum atomic E-state index is -4.59. The van der Waals surface area contributed by atoms with Gasteiger partial charge >= 0.3 is 12.1 Å². The van der Waals surface area contributed by atoms with Crippen LogP contribution in [0.25, 0.3) is 10.2 Å². The van der Waals surface area contributed by atoms with Crippen molar-refractivity contribution in [1.82, 2.24) is 4.98 Å². The Morgan fingerprint density at radius 3 is 2.43 bits per heavy atom. The van der Waals surface area contributed by atoms with Crippen LogP contribution in [0.1, 0.15) is 52.2 Å². The monoisotopic (exact) mass is 344 g/mol. The van der Waals surface area contributed by atoms with E-state index in [9.17, 15) is 18.0 Å². The van der Waals surface area contributed by atoms with E-state index in [-0.39, 0.29) is 26.3 Å². The molecule has 0 atom stereocenters. The number of aromatic nitrogens is 1. The lowest BCUT2D eigenvalue weighted by Crippen LogP contribution is -2.15. The molecule has 1 aliphatic rings. The first kappa shape index (κ1) is 16.0. The molecule has 0 spiro atoms. The van der Waals surface area contributed by atoms with Crippen molar-refractivity contribution in [2.45, 2.75) is 44.7 Å². The molecule has 2 heterocycles. The van der Waals surface area contributed by atoms with E-state index < -0.39 is 17.7 Å². The second kappa shape index (κ2) is 5.67. The van der Waals surface area contributed by atoms with Crippen LogP contribution in [-0.2, 0) is 19.0 Å². The summed E-state index contributed by atoms with van der Waals surface area (Å²) in [5, 5.41) is 8.89. The third-order valence-electron chi connectivity index (χ3n) is 4.13. The Kier molecular flexibility index (Phi) is 3.95. The number of carbonyl (C=O) groups is 1. The maximum absolute atomic E-state index is 13.7.